The van der Waals surface area contributed by atoms with Gasteiger partial charge in [-0.1, -0.05) is 6.58 Å². The standard InChI is InChI=1S/C34H39FN8O2/c1-4-33(44)39-28-22-29(31(45-3)23-30(28)42-19-17-41(18-20-42)26-10-14-40(2)15-11-26)38-32-21-27(9-12-36-32)43-16-13-37-34(43)24-5-7-25(35)8-6-24/h4-9,12-13,16,21-23,26H,1,10-11,14-15,17-20H2,2-3H3,(H,36,38)(H,39,44). The third-order valence-corrected chi connectivity index (χ3v) is 8.65. The number of hydrogen-bond acceptors (Lipinski definition) is 8. The van der Waals surface area contributed by atoms with E-state index in [1.165, 1.54) is 31.1 Å². The van der Waals surface area contributed by atoms with Crippen LogP contribution >= 0.6 is 0 Å². The number of rotatable bonds is 9. The average molecular weight is 611 g/mol. The molecule has 2 aliphatic heterocycles. The maximum Gasteiger partial charge on any atom is 0.247 e. The van der Waals surface area contributed by atoms with E-state index in [2.05, 4.69) is 48.9 Å². The topological polar surface area (TPSA) is 90.8 Å². The zero-order valence-corrected chi connectivity index (χ0v) is 25.7. The SMILES string of the molecule is C=CC(=O)Nc1cc(Nc2cc(-n3ccnc3-c3ccc(F)cc3)ccn2)c(OC)cc1N1CCN(C2CCN(C)CC2)CC1. The molecule has 0 bridgehead atoms. The number of pyridine rings is 1. The minimum Gasteiger partial charge on any atom is -0.494 e. The molecule has 0 radical (unpaired) electrons. The van der Waals surface area contributed by atoms with Crippen molar-refractivity contribution < 1.29 is 13.9 Å². The normalized spacial score (nSPS) is 16.4. The number of carbonyl (C=O) groups is 1. The first-order valence-electron chi connectivity index (χ1n) is 15.3. The second-order valence-electron chi connectivity index (χ2n) is 11.5. The summed E-state index contributed by atoms with van der Waals surface area (Å²) < 4.78 is 21.3. The highest BCUT2D eigenvalue weighted by Gasteiger charge is 2.28. The Balaban J connectivity index is 1.25. The van der Waals surface area contributed by atoms with E-state index in [0.717, 1.165) is 56.2 Å². The molecule has 2 aromatic carbocycles. The van der Waals surface area contributed by atoms with E-state index in [0.29, 0.717) is 34.8 Å². The van der Waals surface area contributed by atoms with Crippen LogP contribution in [-0.4, -0.2) is 89.7 Å². The fourth-order valence-electron chi connectivity index (χ4n) is 6.17. The smallest absolute Gasteiger partial charge is 0.247 e. The minimum atomic E-state index is -0.300. The van der Waals surface area contributed by atoms with Crippen LogP contribution < -0.4 is 20.3 Å². The maximum absolute atomic E-state index is 13.5. The summed E-state index contributed by atoms with van der Waals surface area (Å²) in [6.07, 6.45) is 8.94. The summed E-state index contributed by atoms with van der Waals surface area (Å²) in [5.41, 5.74) is 3.84. The van der Waals surface area contributed by atoms with Crippen LogP contribution in [0.4, 0.5) is 27.3 Å². The molecule has 2 N–H and O–H groups in total. The van der Waals surface area contributed by atoms with Gasteiger partial charge in [-0.05, 0) is 75.5 Å². The summed E-state index contributed by atoms with van der Waals surface area (Å²) in [6, 6.07) is 14.5. The van der Waals surface area contributed by atoms with Gasteiger partial charge in [-0.2, -0.15) is 0 Å². The van der Waals surface area contributed by atoms with Gasteiger partial charge in [-0.15, -0.1) is 0 Å². The fourth-order valence-corrected chi connectivity index (χ4v) is 6.17. The zero-order valence-electron chi connectivity index (χ0n) is 25.7. The van der Waals surface area contributed by atoms with Gasteiger partial charge in [0.15, 0.2) is 0 Å². The number of nitrogens with zero attached hydrogens (tertiary/aromatic N) is 6. The van der Waals surface area contributed by atoms with Crippen molar-refractivity contribution in [3.8, 4) is 22.8 Å². The molecule has 4 aromatic rings. The lowest BCUT2D eigenvalue weighted by molar-refractivity contribution is -0.111. The summed E-state index contributed by atoms with van der Waals surface area (Å²) in [4.78, 5) is 28.9. The number of methoxy groups -OCH3 is 1. The molecular formula is C34H39FN8O2. The van der Waals surface area contributed by atoms with E-state index in [-0.39, 0.29) is 11.7 Å². The van der Waals surface area contributed by atoms with Gasteiger partial charge >= 0.3 is 0 Å². The average Bonchev–Trinajstić information content (AvgIpc) is 3.56. The van der Waals surface area contributed by atoms with Gasteiger partial charge < -0.3 is 25.2 Å². The molecular weight excluding hydrogens is 571 g/mol. The second kappa shape index (κ2) is 13.5. The van der Waals surface area contributed by atoms with Crippen molar-refractivity contribution in [1.29, 1.82) is 0 Å². The van der Waals surface area contributed by atoms with Gasteiger partial charge in [0.05, 0.1) is 29.9 Å². The van der Waals surface area contributed by atoms with Crippen LogP contribution in [-0.2, 0) is 4.79 Å². The number of piperazine rings is 1. The van der Waals surface area contributed by atoms with Gasteiger partial charge in [-0.25, -0.2) is 14.4 Å². The van der Waals surface area contributed by atoms with Gasteiger partial charge in [0.25, 0.3) is 0 Å². The largest absolute Gasteiger partial charge is 0.494 e. The van der Waals surface area contributed by atoms with Crippen LogP contribution in [0.15, 0.2) is 79.8 Å². The number of hydrogen-bond donors (Lipinski definition) is 2. The summed E-state index contributed by atoms with van der Waals surface area (Å²) in [7, 11) is 3.83. The molecule has 1 amide bonds. The third-order valence-electron chi connectivity index (χ3n) is 8.65. The number of amides is 1. The number of carbonyl (C=O) groups excluding carboxylic acids is 1. The molecule has 0 atom stereocenters. The summed E-state index contributed by atoms with van der Waals surface area (Å²) in [6.45, 7) is 9.57. The highest BCUT2D eigenvalue weighted by molar-refractivity contribution is 6.02. The van der Waals surface area contributed by atoms with E-state index < -0.39 is 0 Å². The molecule has 2 fully saturated rings. The molecule has 234 valence electrons. The Kier molecular flexibility index (Phi) is 9.08. The van der Waals surface area contributed by atoms with Crippen molar-refractivity contribution in [1.82, 2.24) is 24.3 Å². The number of anilines is 4. The van der Waals surface area contributed by atoms with Gasteiger partial charge in [0, 0.05) is 68.5 Å². The molecule has 0 spiro atoms. The van der Waals surface area contributed by atoms with E-state index in [4.69, 9.17) is 4.74 Å². The van der Waals surface area contributed by atoms with E-state index in [1.807, 2.05) is 35.0 Å². The van der Waals surface area contributed by atoms with Crippen LogP contribution in [0.5, 0.6) is 5.75 Å². The summed E-state index contributed by atoms with van der Waals surface area (Å²) in [5, 5.41) is 6.39. The predicted octanol–water partition coefficient (Wildman–Crippen LogP) is 5.17. The summed E-state index contributed by atoms with van der Waals surface area (Å²) in [5.74, 6) is 1.29. The maximum atomic E-state index is 13.5. The van der Waals surface area contributed by atoms with Crippen molar-refractivity contribution in [3.63, 3.8) is 0 Å². The van der Waals surface area contributed by atoms with Crippen LogP contribution in [0, 0.1) is 5.82 Å². The number of aromatic nitrogens is 3. The first kappa shape index (κ1) is 30.3. The Morgan fingerprint density at radius 3 is 2.44 bits per heavy atom. The van der Waals surface area contributed by atoms with E-state index in [1.54, 1.807) is 31.6 Å². The van der Waals surface area contributed by atoms with Gasteiger partial charge in [-0.3, -0.25) is 14.3 Å². The zero-order chi connectivity index (χ0) is 31.3. The molecule has 11 heteroatoms. The molecule has 6 rings (SSSR count). The number of likely N-dealkylation sites (tertiary alicyclic amines) is 1. The Morgan fingerprint density at radius 1 is 0.978 bits per heavy atom. The van der Waals surface area contributed by atoms with Crippen molar-refractivity contribution in [3.05, 3.63) is 85.6 Å². The first-order valence-corrected chi connectivity index (χ1v) is 15.3. The molecule has 2 aliphatic rings. The predicted molar refractivity (Wildman–Crippen MR) is 176 cm³/mol. The molecule has 0 saturated carbocycles. The molecule has 2 aromatic heterocycles. The lowest BCUT2D eigenvalue weighted by atomic mass is 10.0. The summed E-state index contributed by atoms with van der Waals surface area (Å²) >= 11 is 0. The quantitative estimate of drug-likeness (QED) is 0.251. The fraction of sp³-hybridized carbons (Fsp3) is 0.324. The Morgan fingerprint density at radius 2 is 1.73 bits per heavy atom. The van der Waals surface area contributed by atoms with Crippen molar-refractivity contribution in [2.24, 2.45) is 0 Å². The molecule has 2 saturated heterocycles. The third kappa shape index (κ3) is 6.84. The van der Waals surface area contributed by atoms with E-state index in [9.17, 15) is 9.18 Å². The van der Waals surface area contributed by atoms with Crippen LogP contribution in [0.1, 0.15) is 12.8 Å². The van der Waals surface area contributed by atoms with Crippen LogP contribution in [0.3, 0.4) is 0 Å². The minimum absolute atomic E-state index is 0.286. The van der Waals surface area contributed by atoms with Gasteiger partial charge in [0.1, 0.15) is 23.2 Å². The lowest BCUT2D eigenvalue weighted by Crippen LogP contribution is -2.53. The van der Waals surface area contributed by atoms with Crippen molar-refractivity contribution in [2.75, 3.05) is 69.0 Å². The number of piperidine rings is 1. The Bertz CT molecular complexity index is 1640. The van der Waals surface area contributed by atoms with Crippen LogP contribution in [0.2, 0.25) is 0 Å². The number of imidazole rings is 1. The van der Waals surface area contributed by atoms with Crippen molar-refractivity contribution in [2.45, 2.75) is 18.9 Å². The highest BCUT2D eigenvalue weighted by Crippen LogP contribution is 2.39. The first-order chi connectivity index (χ1) is 21.9. The Labute approximate surface area is 263 Å². The second-order valence-corrected chi connectivity index (χ2v) is 11.5. The molecule has 10 nitrogen and oxygen atoms in total. The van der Waals surface area contributed by atoms with Gasteiger partial charge in [0.2, 0.25) is 5.91 Å². The molecule has 0 aliphatic carbocycles. The van der Waals surface area contributed by atoms with Crippen LogP contribution in [0.25, 0.3) is 17.1 Å². The lowest BCUT2D eigenvalue weighted by Gasteiger charge is -2.43. The Hall–Kier alpha value is -4.74. The number of ether oxygens (including phenoxy) is 1. The number of halogens is 1. The van der Waals surface area contributed by atoms with E-state index >= 15 is 0 Å². The molecule has 4 heterocycles. The monoisotopic (exact) mass is 610 g/mol. The molecule has 0 unspecified atom stereocenters. The molecule has 45 heavy (non-hydrogen) atoms. The number of benzene rings is 2. The highest BCUT2D eigenvalue weighted by atomic mass is 19.1. The number of nitrogens with one attached hydrogen (secondary N) is 2. The van der Waals surface area contributed by atoms with Crippen molar-refractivity contribution >= 4 is 28.8 Å².